The first-order valence-electron chi connectivity index (χ1n) is 14.3. The van der Waals surface area contributed by atoms with Crippen LogP contribution < -0.4 is 7.74 Å². The molecule has 2 aliphatic heterocycles. The van der Waals surface area contributed by atoms with E-state index in [2.05, 4.69) is 23.0 Å². The van der Waals surface area contributed by atoms with Gasteiger partial charge in [-0.2, -0.15) is 0 Å². The van der Waals surface area contributed by atoms with Crippen LogP contribution in [0.3, 0.4) is 0 Å². The maximum absolute atomic E-state index is 17.1. The standard InChI is InChI=1S/2C12H12F2N.2C5H5.Ti/c2*1-2-6-15-7-5-12(15)10-4-3-9(13)8-11(10)14;2*1-2-4-5-3-1;/h2*2-4,12H,1,5-7H2;2*1-5H;. The zero-order chi connectivity index (χ0) is 28.7. The molecule has 2 saturated heterocycles. The molecule has 2 heterocycles. The summed E-state index contributed by atoms with van der Waals surface area (Å²) < 4.78 is 65.5. The van der Waals surface area contributed by atoms with Gasteiger partial charge in [0.2, 0.25) is 0 Å². The monoisotopic (exact) mass is 594 g/mol. The second-order valence-electron chi connectivity index (χ2n) is 11.3. The van der Waals surface area contributed by atoms with Crippen molar-refractivity contribution in [3.05, 3.63) is 133 Å². The van der Waals surface area contributed by atoms with Crippen molar-refractivity contribution in [3.63, 3.8) is 0 Å². The van der Waals surface area contributed by atoms with Crippen LogP contribution in [0, 0.1) is 23.3 Å². The van der Waals surface area contributed by atoms with Crippen LogP contribution in [0.5, 0.6) is 0 Å². The fourth-order valence-electron chi connectivity index (χ4n) is 7.25. The topological polar surface area (TPSA) is 6.48 Å². The molecule has 0 spiro atoms. The van der Waals surface area contributed by atoms with Gasteiger partial charge in [0, 0.05) is 0 Å². The van der Waals surface area contributed by atoms with Crippen LogP contribution in [0.15, 0.2) is 98.2 Å². The van der Waals surface area contributed by atoms with Crippen molar-refractivity contribution >= 4 is 7.74 Å². The van der Waals surface area contributed by atoms with Gasteiger partial charge in [-0.1, -0.05) is 0 Å². The first-order valence-corrected chi connectivity index (χ1v) is 17.7. The summed E-state index contributed by atoms with van der Waals surface area (Å²) in [6.45, 7) is 10.4. The van der Waals surface area contributed by atoms with Gasteiger partial charge in [0.15, 0.2) is 0 Å². The molecule has 2 fully saturated rings. The van der Waals surface area contributed by atoms with Crippen LogP contribution in [0.4, 0.5) is 17.6 Å². The Labute approximate surface area is 243 Å². The number of rotatable bonds is 10. The fourth-order valence-corrected chi connectivity index (χ4v) is 16.1. The Morgan fingerprint density at radius 2 is 1.05 bits per heavy atom. The summed E-state index contributed by atoms with van der Waals surface area (Å²) in [5.74, 6) is -2.78. The third kappa shape index (κ3) is 4.51. The Balaban J connectivity index is 1.64. The predicted molar refractivity (Wildman–Crippen MR) is 154 cm³/mol. The van der Waals surface area contributed by atoms with Gasteiger partial charge in [-0.15, -0.1) is 0 Å². The minimum atomic E-state index is -4.78. The third-order valence-electron chi connectivity index (χ3n) is 9.32. The van der Waals surface area contributed by atoms with Crippen LogP contribution in [0.25, 0.3) is 0 Å². The molecule has 2 aromatic rings. The maximum atomic E-state index is 17.1. The molecule has 2 unspecified atom stereocenters. The number of hydrogen-bond acceptors (Lipinski definition) is 2. The molecule has 41 heavy (non-hydrogen) atoms. The first-order chi connectivity index (χ1) is 19.9. The second-order valence-corrected chi connectivity index (χ2v) is 17.6. The van der Waals surface area contributed by atoms with Crippen LogP contribution in [-0.2, 0) is 16.6 Å². The van der Waals surface area contributed by atoms with E-state index in [9.17, 15) is 0 Å². The Hall–Kier alpha value is -2.77. The summed E-state index contributed by atoms with van der Waals surface area (Å²) in [5.41, 5.74) is 0.768. The molecule has 6 rings (SSSR count). The zero-order valence-electron chi connectivity index (χ0n) is 23.0. The summed E-state index contributed by atoms with van der Waals surface area (Å²) in [7, 11) is 0. The Kier molecular flexibility index (Phi) is 7.95. The van der Waals surface area contributed by atoms with E-state index in [1.165, 1.54) is 24.3 Å². The normalized spacial score (nSPS) is 22.8. The number of nitrogens with zero attached hydrogens (tertiary/aromatic N) is 2. The van der Waals surface area contributed by atoms with Crippen molar-refractivity contribution in [2.45, 2.75) is 33.4 Å². The van der Waals surface area contributed by atoms with Gasteiger partial charge < -0.3 is 0 Å². The number of hydrogen-bond donors (Lipinski definition) is 0. The SMILES string of the molecule is C=CCN1CCC1c1ccc(F)[c]([Ti]([c]2c(F)ccc(C3CCN3CC=C)c2F)([CH]2C=CC=C2)[CH]2C=CC=C2)c1F. The van der Waals surface area contributed by atoms with E-state index in [-0.39, 0.29) is 19.8 Å². The first kappa shape index (κ1) is 28.4. The van der Waals surface area contributed by atoms with E-state index >= 15 is 17.6 Å². The Morgan fingerprint density at radius 1 is 0.659 bits per heavy atom. The van der Waals surface area contributed by atoms with Gasteiger partial charge in [0.25, 0.3) is 0 Å². The number of allylic oxidation sites excluding steroid dienone is 8. The van der Waals surface area contributed by atoms with Gasteiger partial charge in [-0.05, 0) is 0 Å². The quantitative estimate of drug-likeness (QED) is 0.165. The Morgan fingerprint density at radius 3 is 1.37 bits per heavy atom. The van der Waals surface area contributed by atoms with E-state index in [1.807, 2.05) is 48.6 Å². The molecule has 0 bridgehead atoms. The van der Waals surface area contributed by atoms with Gasteiger partial charge >= 0.3 is 244 Å². The molecule has 2 aliphatic carbocycles. The number of likely N-dealkylation sites (tertiary alicyclic amines) is 2. The Bertz CT molecular complexity index is 1360. The third-order valence-corrected chi connectivity index (χ3v) is 17.8. The molecular formula is C34H34F4N2Ti. The zero-order valence-corrected chi connectivity index (χ0v) is 24.5. The summed E-state index contributed by atoms with van der Waals surface area (Å²) in [6.07, 6.45) is 19.8. The van der Waals surface area contributed by atoms with Crippen LogP contribution in [-0.4, -0.2) is 36.0 Å². The average Bonchev–Trinajstić information content (AvgIpc) is 3.67. The van der Waals surface area contributed by atoms with Gasteiger partial charge in [0.05, 0.1) is 0 Å². The van der Waals surface area contributed by atoms with Crippen molar-refractivity contribution < 1.29 is 34.2 Å². The molecule has 2 aromatic carbocycles. The molecule has 2 nitrogen and oxygen atoms in total. The molecule has 7 heteroatoms. The van der Waals surface area contributed by atoms with Crippen molar-refractivity contribution in [2.24, 2.45) is 0 Å². The fraction of sp³-hybridized carbons (Fsp3) is 0.294. The molecule has 0 saturated carbocycles. The van der Waals surface area contributed by atoms with E-state index in [1.54, 1.807) is 12.2 Å². The summed E-state index contributed by atoms with van der Waals surface area (Å²) >= 11 is -4.78. The minimum absolute atomic E-state index is 0.109. The van der Waals surface area contributed by atoms with E-state index < -0.39 is 48.3 Å². The van der Waals surface area contributed by atoms with E-state index in [0.29, 0.717) is 24.2 Å². The summed E-state index contributed by atoms with van der Waals surface area (Å²) in [4.78, 5) is 4.16. The molecule has 0 N–H and O–H groups in total. The van der Waals surface area contributed by atoms with Gasteiger partial charge in [0.1, 0.15) is 0 Å². The number of halogens is 4. The molecule has 212 valence electrons. The van der Waals surface area contributed by atoms with Crippen molar-refractivity contribution in [3.8, 4) is 0 Å². The molecule has 0 radical (unpaired) electrons. The predicted octanol–water partition coefficient (Wildman–Crippen LogP) is 7.04. The van der Waals surface area contributed by atoms with Crippen LogP contribution >= 0.6 is 0 Å². The van der Waals surface area contributed by atoms with Gasteiger partial charge in [-0.25, -0.2) is 0 Å². The molecule has 2 atom stereocenters. The summed E-state index contributed by atoms with van der Waals surface area (Å²) in [6, 6.07) is 5.15. The average molecular weight is 595 g/mol. The van der Waals surface area contributed by atoms with Crippen LogP contribution in [0.2, 0.25) is 8.45 Å². The van der Waals surface area contributed by atoms with Crippen molar-refractivity contribution in [2.75, 3.05) is 26.2 Å². The molecule has 0 amide bonds. The summed E-state index contributed by atoms with van der Waals surface area (Å²) in [5, 5.41) is 0. The molecular weight excluding hydrogens is 560 g/mol. The van der Waals surface area contributed by atoms with Crippen LogP contribution in [0.1, 0.15) is 36.1 Å². The van der Waals surface area contributed by atoms with Crippen molar-refractivity contribution in [1.82, 2.24) is 9.80 Å². The van der Waals surface area contributed by atoms with E-state index in [0.717, 1.165) is 25.9 Å². The van der Waals surface area contributed by atoms with Gasteiger partial charge in [-0.3, -0.25) is 0 Å². The van der Waals surface area contributed by atoms with Crippen molar-refractivity contribution in [1.29, 1.82) is 0 Å². The number of benzene rings is 2. The van der Waals surface area contributed by atoms with E-state index in [4.69, 9.17) is 0 Å². The molecule has 0 aromatic heterocycles. The molecule has 4 aliphatic rings. The second kappa shape index (κ2) is 11.5.